The molecule has 0 amide bonds. The van der Waals surface area contributed by atoms with Gasteiger partial charge in [0.15, 0.2) is 0 Å². The third-order valence-corrected chi connectivity index (χ3v) is 0.751. The van der Waals surface area contributed by atoms with E-state index >= 15 is 0 Å². The van der Waals surface area contributed by atoms with Gasteiger partial charge in [0.25, 0.3) is 0 Å². The Labute approximate surface area is 55.5 Å². The van der Waals surface area contributed by atoms with Crippen molar-refractivity contribution in [2.45, 2.75) is 0 Å². The lowest BCUT2D eigenvalue weighted by molar-refractivity contribution is -0.861. The molecule has 0 atom stereocenters. The summed E-state index contributed by atoms with van der Waals surface area (Å²) < 4.78 is 0.655. The molecule has 0 spiro atoms. The molecule has 48 valence electrons. The molecule has 3 heteroatoms. The van der Waals surface area contributed by atoms with Crippen molar-refractivity contribution in [1.82, 2.24) is 0 Å². The minimum atomic E-state index is -0.0579. The fourth-order valence-corrected chi connectivity index (χ4v) is 0.830. The van der Waals surface area contributed by atoms with Crippen molar-refractivity contribution in [2.24, 2.45) is 0 Å². The number of hydrogen-bond donors (Lipinski definition) is 1. The SMILES string of the molecule is C[N+](C)(C)CC(=O)S. The Kier molecular flexibility index (Phi) is 2.50. The van der Waals surface area contributed by atoms with Crippen LogP contribution in [0.3, 0.4) is 0 Å². The molecule has 0 aliphatic carbocycles. The fourth-order valence-electron chi connectivity index (χ4n) is 0.406. The Morgan fingerprint density at radius 2 is 1.88 bits per heavy atom. The monoisotopic (exact) mass is 134 g/mol. The molecule has 0 saturated carbocycles. The lowest BCUT2D eigenvalue weighted by atomic mass is 10.5. The van der Waals surface area contributed by atoms with Crippen LogP contribution in [0.2, 0.25) is 0 Å². The van der Waals surface area contributed by atoms with Gasteiger partial charge in [-0.2, -0.15) is 0 Å². The average molecular weight is 134 g/mol. The molecule has 0 bridgehead atoms. The molecule has 0 rings (SSSR count). The van der Waals surface area contributed by atoms with Gasteiger partial charge in [0, 0.05) is 0 Å². The first-order valence-electron chi connectivity index (χ1n) is 2.44. The van der Waals surface area contributed by atoms with Crippen molar-refractivity contribution in [3.8, 4) is 0 Å². The van der Waals surface area contributed by atoms with Crippen LogP contribution in [-0.2, 0) is 4.79 Å². The highest BCUT2D eigenvalue weighted by Gasteiger charge is 2.09. The quantitative estimate of drug-likeness (QED) is 0.420. The largest absolute Gasteiger partial charge is 0.324 e. The lowest BCUT2D eigenvalue weighted by Gasteiger charge is -2.21. The Morgan fingerprint density at radius 3 is 1.88 bits per heavy atom. The third-order valence-electron chi connectivity index (χ3n) is 0.610. The lowest BCUT2D eigenvalue weighted by Crippen LogP contribution is -2.37. The van der Waals surface area contributed by atoms with E-state index in [4.69, 9.17) is 0 Å². The van der Waals surface area contributed by atoms with Crippen molar-refractivity contribution in [3.63, 3.8) is 0 Å². The van der Waals surface area contributed by atoms with Crippen molar-refractivity contribution < 1.29 is 9.28 Å². The molecule has 2 nitrogen and oxygen atoms in total. The Morgan fingerprint density at radius 1 is 1.50 bits per heavy atom. The number of thiol groups is 1. The Balaban J connectivity index is 3.55. The van der Waals surface area contributed by atoms with Crippen LogP contribution in [-0.4, -0.2) is 37.3 Å². The van der Waals surface area contributed by atoms with Crippen molar-refractivity contribution in [2.75, 3.05) is 27.7 Å². The number of carbonyl (C=O) groups is 1. The second-order valence-electron chi connectivity index (χ2n) is 2.84. The number of hydrogen-bond acceptors (Lipinski definition) is 1. The summed E-state index contributed by atoms with van der Waals surface area (Å²) in [6.07, 6.45) is 0. The van der Waals surface area contributed by atoms with Gasteiger partial charge >= 0.3 is 0 Å². The van der Waals surface area contributed by atoms with E-state index in [1.807, 2.05) is 21.1 Å². The third kappa shape index (κ3) is 5.98. The van der Waals surface area contributed by atoms with Gasteiger partial charge < -0.3 is 4.48 Å². The van der Waals surface area contributed by atoms with Gasteiger partial charge in [-0.05, 0) is 0 Å². The number of nitrogens with zero attached hydrogens (tertiary/aromatic N) is 1. The zero-order chi connectivity index (χ0) is 6.78. The molecule has 0 heterocycles. The van der Waals surface area contributed by atoms with Crippen molar-refractivity contribution in [3.05, 3.63) is 0 Å². The van der Waals surface area contributed by atoms with E-state index in [1.165, 1.54) is 0 Å². The first-order valence-corrected chi connectivity index (χ1v) is 2.89. The van der Waals surface area contributed by atoms with E-state index in [0.29, 0.717) is 11.0 Å². The highest BCUT2D eigenvalue weighted by Crippen LogP contribution is 1.91. The van der Waals surface area contributed by atoms with Crippen LogP contribution in [0.5, 0.6) is 0 Å². The molecule has 0 aliphatic heterocycles. The van der Waals surface area contributed by atoms with Crippen LogP contribution in [0.25, 0.3) is 0 Å². The Hall–Kier alpha value is -0.0200. The van der Waals surface area contributed by atoms with Gasteiger partial charge in [0.1, 0.15) is 6.54 Å². The maximum Gasteiger partial charge on any atom is 0.240 e. The van der Waals surface area contributed by atoms with E-state index in [1.54, 1.807) is 0 Å². The molecule has 0 aromatic heterocycles. The molecular formula is C5H12NOS+. The van der Waals surface area contributed by atoms with Crippen LogP contribution >= 0.6 is 12.6 Å². The molecule has 0 N–H and O–H groups in total. The van der Waals surface area contributed by atoms with E-state index in [2.05, 4.69) is 12.6 Å². The summed E-state index contributed by atoms with van der Waals surface area (Å²) in [4.78, 5) is 10.3. The number of quaternary nitrogens is 1. The molecule has 0 aliphatic rings. The predicted molar refractivity (Wildman–Crippen MR) is 36.9 cm³/mol. The molecule has 0 unspecified atom stereocenters. The van der Waals surface area contributed by atoms with E-state index in [9.17, 15) is 4.79 Å². The Bertz CT molecular complexity index is 95.1. The molecule has 0 radical (unpaired) electrons. The van der Waals surface area contributed by atoms with Gasteiger partial charge in [0.2, 0.25) is 5.12 Å². The molecular weight excluding hydrogens is 122 g/mol. The summed E-state index contributed by atoms with van der Waals surface area (Å²) >= 11 is 3.64. The van der Waals surface area contributed by atoms with Gasteiger partial charge in [-0.15, -0.1) is 0 Å². The average Bonchev–Trinajstić information content (AvgIpc) is 1.21. The highest BCUT2D eigenvalue weighted by atomic mass is 32.1. The van der Waals surface area contributed by atoms with Gasteiger partial charge in [0.05, 0.1) is 21.1 Å². The first kappa shape index (κ1) is 7.98. The summed E-state index contributed by atoms with van der Waals surface area (Å²) in [6, 6.07) is 0. The fraction of sp³-hybridized carbons (Fsp3) is 0.800. The second kappa shape index (κ2) is 2.51. The van der Waals surface area contributed by atoms with Crippen LogP contribution in [0.15, 0.2) is 0 Å². The summed E-state index contributed by atoms with van der Waals surface area (Å²) in [6.45, 7) is 0.489. The number of likely N-dealkylation sites (N-methyl/N-ethyl adjacent to an activating group) is 1. The first-order chi connectivity index (χ1) is 3.42. The van der Waals surface area contributed by atoms with Crippen LogP contribution < -0.4 is 0 Å². The van der Waals surface area contributed by atoms with Gasteiger partial charge in [-0.3, -0.25) is 4.79 Å². The highest BCUT2D eigenvalue weighted by molar-refractivity contribution is 7.96. The minimum absolute atomic E-state index is 0.0579. The smallest absolute Gasteiger partial charge is 0.240 e. The molecule has 0 saturated heterocycles. The summed E-state index contributed by atoms with van der Waals surface area (Å²) in [5.41, 5.74) is 0. The number of rotatable bonds is 2. The molecule has 0 aromatic rings. The van der Waals surface area contributed by atoms with Crippen LogP contribution in [0, 0.1) is 0 Å². The second-order valence-corrected chi connectivity index (χ2v) is 3.34. The van der Waals surface area contributed by atoms with Gasteiger partial charge in [-0.1, -0.05) is 12.6 Å². The maximum absolute atomic E-state index is 10.3. The summed E-state index contributed by atoms with van der Waals surface area (Å²) in [5, 5.41) is -0.0579. The molecule has 0 fully saturated rings. The van der Waals surface area contributed by atoms with Crippen LogP contribution in [0.1, 0.15) is 0 Å². The zero-order valence-electron chi connectivity index (χ0n) is 5.51. The number of carbonyl (C=O) groups excluding carboxylic acids is 1. The van der Waals surface area contributed by atoms with Crippen molar-refractivity contribution in [1.29, 1.82) is 0 Å². The van der Waals surface area contributed by atoms with Crippen LogP contribution in [0.4, 0.5) is 0 Å². The topological polar surface area (TPSA) is 17.1 Å². The summed E-state index contributed by atoms with van der Waals surface area (Å²) in [7, 11) is 5.86. The van der Waals surface area contributed by atoms with E-state index in [0.717, 1.165) is 0 Å². The standard InChI is InChI=1S/C5H11NOS/c1-6(2,3)4-5(7)8/h4H2,1-3H3/p+1. The van der Waals surface area contributed by atoms with E-state index in [-0.39, 0.29) is 5.12 Å². The molecule has 0 aromatic carbocycles. The van der Waals surface area contributed by atoms with Crippen molar-refractivity contribution >= 4 is 17.7 Å². The zero-order valence-corrected chi connectivity index (χ0v) is 6.40. The molecule has 8 heavy (non-hydrogen) atoms. The predicted octanol–water partition coefficient (Wildman–Crippen LogP) is 0.149. The summed E-state index contributed by atoms with van der Waals surface area (Å²) in [5.74, 6) is 0. The van der Waals surface area contributed by atoms with Gasteiger partial charge in [-0.25, -0.2) is 0 Å². The maximum atomic E-state index is 10.3. The normalized spacial score (nSPS) is 11.5. The van der Waals surface area contributed by atoms with E-state index < -0.39 is 0 Å². The minimum Gasteiger partial charge on any atom is -0.324 e.